The van der Waals surface area contributed by atoms with Crippen molar-refractivity contribution in [3.8, 4) is 0 Å². The van der Waals surface area contributed by atoms with Crippen molar-refractivity contribution in [1.29, 1.82) is 5.41 Å². The zero-order valence-corrected chi connectivity index (χ0v) is 7.15. The van der Waals surface area contributed by atoms with Gasteiger partial charge in [0.15, 0.2) is 11.0 Å². The number of rotatable bonds is 2. The van der Waals surface area contributed by atoms with Gasteiger partial charge in [-0.25, -0.2) is 9.38 Å². The molecule has 0 unspecified atom stereocenters. The van der Waals surface area contributed by atoms with Crippen molar-refractivity contribution >= 4 is 44.6 Å². The summed E-state index contributed by atoms with van der Waals surface area (Å²) < 4.78 is 13.4. The minimum absolute atomic E-state index is 0.292. The standard InChI is InChI=1S/C4H3ClFIN2/c5-4(9-2-7)3(6)1-8/h1-2,8H/b4-3+,8-1?,9-2?. The molecule has 0 saturated heterocycles. The first-order valence-electron chi connectivity index (χ1n) is 1.91. The number of hydrogen-bond acceptors (Lipinski definition) is 2. The van der Waals surface area contributed by atoms with Gasteiger partial charge in [-0.15, -0.1) is 0 Å². The van der Waals surface area contributed by atoms with Gasteiger partial charge in [0.05, 0.1) is 10.4 Å². The number of nitrogens with one attached hydrogen (secondary N) is 1. The van der Waals surface area contributed by atoms with Gasteiger partial charge in [0, 0.05) is 0 Å². The molecular weight excluding hydrogens is 257 g/mol. The molecule has 0 aliphatic carbocycles. The van der Waals surface area contributed by atoms with Crippen molar-refractivity contribution in [2.24, 2.45) is 4.99 Å². The molecule has 0 rings (SSSR count). The van der Waals surface area contributed by atoms with Crippen molar-refractivity contribution in [3.63, 3.8) is 0 Å². The van der Waals surface area contributed by atoms with Gasteiger partial charge in [-0.3, -0.25) is 0 Å². The minimum Gasteiger partial charge on any atom is -0.306 e. The van der Waals surface area contributed by atoms with E-state index in [9.17, 15) is 4.39 Å². The Labute approximate surface area is 70.5 Å². The molecule has 5 heteroatoms. The molecule has 0 aromatic heterocycles. The molecule has 0 aliphatic rings. The monoisotopic (exact) mass is 260 g/mol. The third-order valence-electron chi connectivity index (χ3n) is 0.486. The summed E-state index contributed by atoms with van der Waals surface area (Å²) in [6.45, 7) is 0. The molecule has 0 radical (unpaired) electrons. The SMILES string of the molecule is N=C/C(F)=C(/Cl)N=CI. The highest BCUT2D eigenvalue weighted by Crippen LogP contribution is 2.09. The lowest BCUT2D eigenvalue weighted by atomic mass is 10.6. The minimum atomic E-state index is -0.829. The zero-order valence-electron chi connectivity index (χ0n) is 4.24. The van der Waals surface area contributed by atoms with Gasteiger partial charge in [0.2, 0.25) is 0 Å². The van der Waals surface area contributed by atoms with Crippen LogP contribution < -0.4 is 0 Å². The molecule has 0 aromatic rings. The molecular formula is C4H3ClFIN2. The van der Waals surface area contributed by atoms with E-state index in [1.165, 1.54) is 4.22 Å². The number of nitrogens with zero attached hydrogens (tertiary/aromatic N) is 1. The molecule has 2 nitrogen and oxygen atoms in total. The molecule has 0 aromatic carbocycles. The summed E-state index contributed by atoms with van der Waals surface area (Å²) >= 11 is 6.98. The van der Waals surface area contributed by atoms with Crippen molar-refractivity contribution in [2.45, 2.75) is 0 Å². The summed E-state index contributed by atoms with van der Waals surface area (Å²) in [7, 11) is 0. The summed E-state index contributed by atoms with van der Waals surface area (Å²) in [4.78, 5) is 3.38. The van der Waals surface area contributed by atoms with Crippen molar-refractivity contribution < 1.29 is 4.39 Å². The van der Waals surface area contributed by atoms with E-state index >= 15 is 0 Å². The van der Waals surface area contributed by atoms with E-state index in [1.54, 1.807) is 22.6 Å². The van der Waals surface area contributed by atoms with Crippen LogP contribution in [0.5, 0.6) is 0 Å². The molecule has 1 N–H and O–H groups in total. The second-order valence-electron chi connectivity index (χ2n) is 1.01. The number of aliphatic imine (C=N–C) groups is 1. The van der Waals surface area contributed by atoms with Crippen LogP contribution in [0.3, 0.4) is 0 Å². The Bertz CT molecular complexity index is 166. The van der Waals surface area contributed by atoms with E-state index in [1.807, 2.05) is 0 Å². The van der Waals surface area contributed by atoms with Crippen LogP contribution in [0.25, 0.3) is 0 Å². The molecule has 0 heterocycles. The van der Waals surface area contributed by atoms with Crippen LogP contribution in [0, 0.1) is 5.41 Å². The Morgan fingerprint density at radius 2 is 2.33 bits per heavy atom. The summed E-state index contributed by atoms with van der Waals surface area (Å²) in [6.07, 6.45) is 0.506. The van der Waals surface area contributed by atoms with Gasteiger partial charge in [-0.1, -0.05) is 11.6 Å². The first-order valence-corrected chi connectivity index (χ1v) is 3.53. The van der Waals surface area contributed by atoms with Crippen molar-refractivity contribution in [2.75, 3.05) is 0 Å². The van der Waals surface area contributed by atoms with E-state index in [0.717, 1.165) is 0 Å². The predicted octanol–water partition coefficient (Wildman–Crippen LogP) is 2.48. The molecule has 0 saturated carbocycles. The highest BCUT2D eigenvalue weighted by molar-refractivity contribution is 14.1. The summed E-state index contributed by atoms with van der Waals surface area (Å²) in [5.74, 6) is -0.829. The summed E-state index contributed by atoms with van der Waals surface area (Å²) in [6, 6.07) is 0. The maximum atomic E-state index is 12.1. The Morgan fingerprint density at radius 3 is 2.67 bits per heavy atom. The van der Waals surface area contributed by atoms with Gasteiger partial charge >= 0.3 is 0 Å². The fraction of sp³-hybridized carbons (Fsp3) is 0. The Morgan fingerprint density at radius 1 is 1.78 bits per heavy atom. The largest absolute Gasteiger partial charge is 0.306 e. The average Bonchev–Trinajstić information content (AvgIpc) is 1.87. The van der Waals surface area contributed by atoms with Crippen molar-refractivity contribution in [1.82, 2.24) is 0 Å². The van der Waals surface area contributed by atoms with Gasteiger partial charge in [0.25, 0.3) is 0 Å². The van der Waals surface area contributed by atoms with Crippen LogP contribution in [-0.2, 0) is 0 Å². The molecule has 0 spiro atoms. The maximum absolute atomic E-state index is 12.1. The second kappa shape index (κ2) is 4.87. The molecule has 0 aliphatic heterocycles. The van der Waals surface area contributed by atoms with Crippen LogP contribution in [0.15, 0.2) is 16.0 Å². The molecule has 0 amide bonds. The molecule has 0 atom stereocenters. The van der Waals surface area contributed by atoms with Gasteiger partial charge in [0.1, 0.15) is 0 Å². The predicted molar refractivity (Wildman–Crippen MR) is 45.3 cm³/mol. The quantitative estimate of drug-likeness (QED) is 0.450. The Kier molecular flexibility index (Phi) is 4.88. The van der Waals surface area contributed by atoms with E-state index in [-0.39, 0.29) is 5.16 Å². The summed E-state index contributed by atoms with van der Waals surface area (Å²) in [5, 5.41) is 6.11. The first kappa shape index (κ1) is 9.03. The molecule has 9 heavy (non-hydrogen) atoms. The van der Waals surface area contributed by atoms with Crippen LogP contribution in [0.4, 0.5) is 4.39 Å². The lowest BCUT2D eigenvalue weighted by Gasteiger charge is -1.84. The third-order valence-corrected chi connectivity index (χ3v) is 1.04. The molecule has 0 bridgehead atoms. The summed E-state index contributed by atoms with van der Waals surface area (Å²) in [5.41, 5.74) is 0. The number of hydrogen-bond donors (Lipinski definition) is 1. The second-order valence-corrected chi connectivity index (χ2v) is 1.92. The van der Waals surface area contributed by atoms with Crippen molar-refractivity contribution in [3.05, 3.63) is 11.0 Å². The highest BCUT2D eigenvalue weighted by Gasteiger charge is 1.94. The molecule has 50 valence electrons. The van der Waals surface area contributed by atoms with Crippen LogP contribution >= 0.6 is 34.2 Å². The fourth-order valence-electron chi connectivity index (χ4n) is 0.164. The van der Waals surface area contributed by atoms with Crippen LogP contribution in [-0.4, -0.2) is 10.4 Å². The zero-order chi connectivity index (χ0) is 7.28. The lowest BCUT2D eigenvalue weighted by Crippen LogP contribution is -1.75. The van der Waals surface area contributed by atoms with E-state index in [4.69, 9.17) is 17.0 Å². The van der Waals surface area contributed by atoms with E-state index in [0.29, 0.717) is 6.21 Å². The van der Waals surface area contributed by atoms with Gasteiger partial charge in [-0.2, -0.15) is 0 Å². The van der Waals surface area contributed by atoms with E-state index < -0.39 is 5.83 Å². The highest BCUT2D eigenvalue weighted by atomic mass is 127. The number of allylic oxidation sites excluding steroid dienone is 1. The first-order chi connectivity index (χ1) is 4.22. The Hall–Kier alpha value is 0.0300. The van der Waals surface area contributed by atoms with Gasteiger partial charge < -0.3 is 5.41 Å². The third kappa shape index (κ3) is 3.58. The Balaban J connectivity index is 4.27. The smallest absolute Gasteiger partial charge is 0.177 e. The van der Waals surface area contributed by atoms with Gasteiger partial charge in [-0.05, 0) is 22.6 Å². The lowest BCUT2D eigenvalue weighted by molar-refractivity contribution is 0.679. The van der Waals surface area contributed by atoms with Crippen LogP contribution in [0.2, 0.25) is 0 Å². The normalized spacial score (nSPS) is 13.7. The van der Waals surface area contributed by atoms with E-state index in [2.05, 4.69) is 4.99 Å². The average molecular weight is 260 g/mol. The molecule has 0 fully saturated rings. The van der Waals surface area contributed by atoms with Crippen LogP contribution in [0.1, 0.15) is 0 Å². The topological polar surface area (TPSA) is 36.2 Å². The fourth-order valence-corrected chi connectivity index (χ4v) is 0.711. The maximum Gasteiger partial charge on any atom is 0.177 e. The number of halogens is 3.